The first-order chi connectivity index (χ1) is 8.31. The van der Waals surface area contributed by atoms with Gasteiger partial charge in [0.1, 0.15) is 5.82 Å². The Morgan fingerprint density at radius 1 is 1.00 bits per heavy atom. The van der Waals surface area contributed by atoms with Gasteiger partial charge in [0.25, 0.3) is 0 Å². The van der Waals surface area contributed by atoms with Crippen LogP contribution in [0.3, 0.4) is 0 Å². The van der Waals surface area contributed by atoms with Gasteiger partial charge in [0.2, 0.25) is 0 Å². The lowest BCUT2D eigenvalue weighted by atomic mass is 10.0. The fourth-order valence-electron chi connectivity index (χ4n) is 1.87. The summed E-state index contributed by atoms with van der Waals surface area (Å²) in [6, 6.07) is 14.9. The maximum absolute atomic E-state index is 13.8. The number of nitrogens with two attached hydrogens (primary N) is 1. The molecule has 0 heterocycles. The van der Waals surface area contributed by atoms with Gasteiger partial charge in [-0.05, 0) is 42.6 Å². The zero-order valence-corrected chi connectivity index (χ0v) is 9.70. The molecule has 0 saturated heterocycles. The Labute approximate surface area is 101 Å². The summed E-state index contributed by atoms with van der Waals surface area (Å²) in [4.78, 5) is 0. The van der Waals surface area contributed by atoms with E-state index in [1.165, 1.54) is 6.07 Å². The van der Waals surface area contributed by atoms with Crippen molar-refractivity contribution >= 4 is 0 Å². The van der Waals surface area contributed by atoms with E-state index < -0.39 is 0 Å². The second-order valence-electron chi connectivity index (χ2n) is 4.07. The summed E-state index contributed by atoms with van der Waals surface area (Å²) < 4.78 is 13.8. The van der Waals surface area contributed by atoms with E-state index in [4.69, 9.17) is 5.73 Å². The van der Waals surface area contributed by atoms with Crippen molar-refractivity contribution in [2.24, 2.45) is 5.73 Å². The van der Waals surface area contributed by atoms with Crippen LogP contribution >= 0.6 is 0 Å². The van der Waals surface area contributed by atoms with Gasteiger partial charge in [0, 0.05) is 5.56 Å². The molecule has 2 heteroatoms. The fourth-order valence-corrected chi connectivity index (χ4v) is 1.87. The highest BCUT2D eigenvalue weighted by Gasteiger charge is 2.05. The molecule has 0 aliphatic carbocycles. The van der Waals surface area contributed by atoms with Crippen molar-refractivity contribution in [3.63, 3.8) is 0 Å². The third-order valence-corrected chi connectivity index (χ3v) is 2.79. The molecule has 2 N–H and O–H groups in total. The Morgan fingerprint density at radius 3 is 2.47 bits per heavy atom. The molecule has 0 spiro atoms. The van der Waals surface area contributed by atoms with Gasteiger partial charge in [-0.15, -0.1) is 0 Å². The Balaban J connectivity index is 2.33. The molecule has 0 aliphatic heterocycles. The molecule has 0 atom stereocenters. The maximum Gasteiger partial charge on any atom is 0.131 e. The molecule has 17 heavy (non-hydrogen) atoms. The van der Waals surface area contributed by atoms with Crippen molar-refractivity contribution < 1.29 is 4.39 Å². The molecule has 0 aromatic heterocycles. The highest BCUT2D eigenvalue weighted by molar-refractivity contribution is 5.64. The van der Waals surface area contributed by atoms with Crippen LogP contribution in [0.5, 0.6) is 0 Å². The number of hydrogen-bond donors (Lipinski definition) is 1. The lowest BCUT2D eigenvalue weighted by molar-refractivity contribution is 0.630. The Bertz CT molecular complexity index is 480. The van der Waals surface area contributed by atoms with Gasteiger partial charge >= 0.3 is 0 Å². The molecule has 2 aromatic rings. The summed E-state index contributed by atoms with van der Waals surface area (Å²) >= 11 is 0. The summed E-state index contributed by atoms with van der Waals surface area (Å²) in [5.41, 5.74) is 8.20. The van der Waals surface area contributed by atoms with Crippen LogP contribution in [0.2, 0.25) is 0 Å². The van der Waals surface area contributed by atoms with Gasteiger partial charge in [0.15, 0.2) is 0 Å². The fraction of sp³-hybridized carbons (Fsp3) is 0.200. The molecule has 0 fully saturated rings. The SMILES string of the molecule is NCCCc1ccc(F)c(-c2ccccc2)c1. The second kappa shape index (κ2) is 5.60. The van der Waals surface area contributed by atoms with Crippen LogP contribution in [0.1, 0.15) is 12.0 Å². The van der Waals surface area contributed by atoms with E-state index >= 15 is 0 Å². The number of halogens is 1. The van der Waals surface area contributed by atoms with Gasteiger partial charge in [-0.2, -0.15) is 0 Å². The molecular formula is C15H16FN. The van der Waals surface area contributed by atoms with Crippen LogP contribution in [0.25, 0.3) is 11.1 Å². The van der Waals surface area contributed by atoms with Gasteiger partial charge < -0.3 is 5.73 Å². The molecule has 0 bridgehead atoms. The quantitative estimate of drug-likeness (QED) is 0.854. The Hall–Kier alpha value is -1.67. The highest BCUT2D eigenvalue weighted by atomic mass is 19.1. The summed E-state index contributed by atoms with van der Waals surface area (Å²) in [6.07, 6.45) is 1.83. The summed E-state index contributed by atoms with van der Waals surface area (Å²) in [6.45, 7) is 0.665. The third-order valence-electron chi connectivity index (χ3n) is 2.79. The monoisotopic (exact) mass is 229 g/mol. The molecule has 0 aliphatic rings. The van der Waals surface area contributed by atoms with Crippen molar-refractivity contribution in [1.82, 2.24) is 0 Å². The molecule has 88 valence electrons. The largest absolute Gasteiger partial charge is 0.330 e. The Kier molecular flexibility index (Phi) is 3.89. The third kappa shape index (κ3) is 2.92. The minimum atomic E-state index is -0.173. The highest BCUT2D eigenvalue weighted by Crippen LogP contribution is 2.24. The first-order valence-electron chi connectivity index (χ1n) is 5.85. The number of benzene rings is 2. The zero-order chi connectivity index (χ0) is 12.1. The van der Waals surface area contributed by atoms with Crippen LogP contribution in [-0.4, -0.2) is 6.54 Å². The summed E-state index contributed by atoms with van der Waals surface area (Å²) in [5.74, 6) is -0.173. The normalized spacial score (nSPS) is 10.5. The van der Waals surface area contributed by atoms with Gasteiger partial charge in [-0.1, -0.05) is 36.4 Å². The van der Waals surface area contributed by atoms with E-state index in [0.717, 1.165) is 24.0 Å². The van der Waals surface area contributed by atoms with Gasteiger partial charge in [-0.25, -0.2) is 4.39 Å². The molecule has 2 aromatic carbocycles. The molecule has 0 saturated carbocycles. The van der Waals surface area contributed by atoms with Gasteiger partial charge in [-0.3, -0.25) is 0 Å². The second-order valence-corrected chi connectivity index (χ2v) is 4.07. The minimum Gasteiger partial charge on any atom is -0.330 e. The topological polar surface area (TPSA) is 26.0 Å². The van der Waals surface area contributed by atoms with Crippen LogP contribution in [0, 0.1) is 5.82 Å². The molecule has 0 radical (unpaired) electrons. The molecule has 2 rings (SSSR count). The predicted octanol–water partition coefficient (Wildman–Crippen LogP) is 3.38. The molecular weight excluding hydrogens is 213 g/mol. The first-order valence-corrected chi connectivity index (χ1v) is 5.85. The lowest BCUT2D eigenvalue weighted by Gasteiger charge is -2.06. The standard InChI is InChI=1S/C15H16FN/c16-15-9-8-12(5-4-10-17)11-14(15)13-6-2-1-3-7-13/h1-3,6-9,11H,4-5,10,17H2. The van der Waals surface area contributed by atoms with Crippen LogP contribution < -0.4 is 5.73 Å². The van der Waals surface area contributed by atoms with E-state index in [0.29, 0.717) is 12.1 Å². The molecule has 0 amide bonds. The van der Waals surface area contributed by atoms with E-state index in [2.05, 4.69) is 0 Å². The van der Waals surface area contributed by atoms with Crippen molar-refractivity contribution in [3.8, 4) is 11.1 Å². The first kappa shape index (κ1) is 11.8. The summed E-state index contributed by atoms with van der Waals surface area (Å²) in [5, 5.41) is 0. The average Bonchev–Trinajstić information content (AvgIpc) is 2.39. The van der Waals surface area contributed by atoms with E-state index in [-0.39, 0.29) is 5.82 Å². The van der Waals surface area contributed by atoms with Crippen molar-refractivity contribution in [2.45, 2.75) is 12.8 Å². The summed E-state index contributed by atoms with van der Waals surface area (Å²) in [7, 11) is 0. The van der Waals surface area contributed by atoms with Gasteiger partial charge in [0.05, 0.1) is 0 Å². The number of hydrogen-bond acceptors (Lipinski definition) is 1. The maximum atomic E-state index is 13.8. The van der Waals surface area contributed by atoms with Crippen LogP contribution in [-0.2, 0) is 6.42 Å². The van der Waals surface area contributed by atoms with E-state index in [1.54, 1.807) is 0 Å². The lowest BCUT2D eigenvalue weighted by Crippen LogP contribution is -2.00. The van der Waals surface area contributed by atoms with Crippen molar-refractivity contribution in [3.05, 3.63) is 59.9 Å². The van der Waals surface area contributed by atoms with Crippen LogP contribution in [0.4, 0.5) is 4.39 Å². The van der Waals surface area contributed by atoms with E-state index in [9.17, 15) is 4.39 Å². The van der Waals surface area contributed by atoms with Crippen LogP contribution in [0.15, 0.2) is 48.5 Å². The number of rotatable bonds is 4. The Morgan fingerprint density at radius 2 is 1.76 bits per heavy atom. The average molecular weight is 229 g/mol. The zero-order valence-electron chi connectivity index (χ0n) is 9.70. The minimum absolute atomic E-state index is 0.173. The molecule has 0 unspecified atom stereocenters. The predicted molar refractivity (Wildman–Crippen MR) is 69.2 cm³/mol. The van der Waals surface area contributed by atoms with Crippen molar-refractivity contribution in [1.29, 1.82) is 0 Å². The van der Waals surface area contributed by atoms with Crippen molar-refractivity contribution in [2.75, 3.05) is 6.54 Å². The smallest absolute Gasteiger partial charge is 0.131 e. The number of aryl methyl sites for hydroxylation is 1. The molecule has 1 nitrogen and oxygen atoms in total. The van der Waals surface area contributed by atoms with E-state index in [1.807, 2.05) is 42.5 Å².